The van der Waals surface area contributed by atoms with Gasteiger partial charge in [0, 0.05) is 44.8 Å². The summed E-state index contributed by atoms with van der Waals surface area (Å²) in [6, 6.07) is 43.2. The van der Waals surface area contributed by atoms with Crippen molar-refractivity contribution in [3.8, 4) is 33.4 Å². The van der Waals surface area contributed by atoms with Gasteiger partial charge >= 0.3 is 0 Å². The van der Waals surface area contributed by atoms with Crippen molar-refractivity contribution in [2.45, 2.75) is 0 Å². The first-order chi connectivity index (χ1) is 20.8. The first-order valence-electron chi connectivity index (χ1n) is 14.0. The van der Waals surface area contributed by atoms with E-state index in [0.29, 0.717) is 0 Å². The molecule has 42 heavy (non-hydrogen) atoms. The first-order valence-corrected chi connectivity index (χ1v) is 14.0. The second-order valence-electron chi connectivity index (χ2n) is 10.4. The van der Waals surface area contributed by atoms with E-state index in [0.717, 1.165) is 78.2 Å². The Kier molecular flexibility index (Phi) is 5.75. The fourth-order valence-corrected chi connectivity index (χ4v) is 5.79. The van der Waals surface area contributed by atoms with Gasteiger partial charge in [-0.2, -0.15) is 0 Å². The number of H-pyrrole nitrogens is 2. The van der Waals surface area contributed by atoms with E-state index in [1.807, 2.05) is 24.3 Å². The molecule has 2 aliphatic heterocycles. The van der Waals surface area contributed by atoms with Crippen molar-refractivity contribution in [1.29, 1.82) is 0 Å². The number of nitrogens with zero attached hydrogens (tertiary/aromatic N) is 2. The number of aromatic nitrogens is 4. The summed E-state index contributed by atoms with van der Waals surface area (Å²) in [4.78, 5) is 17.6. The Hall–Kier alpha value is -5.74. The van der Waals surface area contributed by atoms with E-state index in [1.165, 1.54) is 0 Å². The first kappa shape index (κ1) is 24.1. The maximum atomic E-state index is 5.26. The van der Waals surface area contributed by atoms with Crippen LogP contribution in [0.2, 0.25) is 0 Å². The number of rotatable bonds is 3. The number of nitrogens with one attached hydrogen (secondary N) is 2. The standard InChI is InChI=1S/C38H25N4/c1-4-10-25(11-5-1)36-30-18-16-28(39-30)24-29-17-19-31(40-29)37(26-12-6-2-7-13-26)33-21-23-35(42-33)38(27-14-8-3-9-15-27)34-22-20-32(36)41-34/h1-23,39,42H. The SMILES string of the molecule is [c]1c2nc(c(-c3ccccc3)c3ccc([nH]3)c(-c3ccccc3)c3nc(c(-c4ccccc4)c4ccc1[nH]4)C=C3)C=C2. The molecule has 0 unspecified atom stereocenters. The van der Waals surface area contributed by atoms with E-state index < -0.39 is 0 Å². The third kappa shape index (κ3) is 4.27. The molecule has 2 N–H and O–H groups in total. The molecule has 0 aliphatic carbocycles. The van der Waals surface area contributed by atoms with Crippen LogP contribution in [0.15, 0.2) is 115 Å². The molecule has 4 nitrogen and oxygen atoms in total. The molecule has 0 saturated heterocycles. The van der Waals surface area contributed by atoms with E-state index in [9.17, 15) is 0 Å². The monoisotopic (exact) mass is 537 g/mol. The molecule has 8 rings (SSSR count). The number of fused-ring (bicyclic) bond motifs is 8. The Bertz CT molecular complexity index is 2130. The van der Waals surface area contributed by atoms with Crippen molar-refractivity contribution in [2.75, 3.05) is 0 Å². The van der Waals surface area contributed by atoms with Crippen molar-refractivity contribution >= 4 is 46.4 Å². The molecule has 5 heterocycles. The average molecular weight is 538 g/mol. The third-order valence-corrected chi connectivity index (χ3v) is 7.68. The van der Waals surface area contributed by atoms with Gasteiger partial charge in [-0.15, -0.1) is 0 Å². The summed E-state index contributed by atoms with van der Waals surface area (Å²) < 4.78 is 0. The molecule has 0 fully saturated rings. The van der Waals surface area contributed by atoms with E-state index >= 15 is 0 Å². The molecule has 0 amide bonds. The molecule has 197 valence electrons. The van der Waals surface area contributed by atoms with E-state index in [-0.39, 0.29) is 0 Å². The van der Waals surface area contributed by atoms with Crippen molar-refractivity contribution in [2.24, 2.45) is 0 Å². The number of aromatic amines is 2. The highest BCUT2D eigenvalue weighted by Crippen LogP contribution is 2.35. The van der Waals surface area contributed by atoms with Crippen LogP contribution in [0.5, 0.6) is 0 Å². The largest absolute Gasteiger partial charge is 0.354 e. The molecule has 3 aromatic carbocycles. The van der Waals surface area contributed by atoms with Gasteiger partial charge in [-0.1, -0.05) is 91.0 Å². The van der Waals surface area contributed by atoms with Crippen molar-refractivity contribution in [3.63, 3.8) is 0 Å². The lowest BCUT2D eigenvalue weighted by Crippen LogP contribution is -1.88. The molecule has 0 spiro atoms. The molecular weight excluding hydrogens is 512 g/mol. The van der Waals surface area contributed by atoms with Gasteiger partial charge in [0.1, 0.15) is 0 Å². The highest BCUT2D eigenvalue weighted by Gasteiger charge is 2.16. The normalized spacial score (nSPS) is 12.1. The average Bonchev–Trinajstić information content (AvgIpc) is 3.86. The van der Waals surface area contributed by atoms with Crippen molar-refractivity contribution in [3.05, 3.63) is 144 Å². The van der Waals surface area contributed by atoms with Gasteiger partial charge in [-0.3, -0.25) is 0 Å². The van der Waals surface area contributed by atoms with E-state index in [2.05, 4.69) is 131 Å². The minimum atomic E-state index is 0.775. The summed E-state index contributed by atoms with van der Waals surface area (Å²) in [5.74, 6) is 0. The molecule has 8 bridgehead atoms. The van der Waals surface area contributed by atoms with Gasteiger partial charge in [-0.25, -0.2) is 9.97 Å². The fraction of sp³-hybridized carbons (Fsp3) is 0. The maximum absolute atomic E-state index is 5.26. The lowest BCUT2D eigenvalue weighted by molar-refractivity contribution is 1.31. The lowest BCUT2D eigenvalue weighted by Gasteiger charge is -2.05. The smallest absolute Gasteiger partial charge is 0.0738 e. The Balaban J connectivity index is 1.54. The van der Waals surface area contributed by atoms with E-state index in [4.69, 9.17) is 9.97 Å². The van der Waals surface area contributed by atoms with Gasteiger partial charge in [0.05, 0.1) is 22.8 Å². The molecule has 4 heteroatoms. The summed E-state index contributed by atoms with van der Waals surface area (Å²) in [6.45, 7) is 0. The molecule has 2 aliphatic rings. The zero-order chi connectivity index (χ0) is 27.9. The van der Waals surface area contributed by atoms with Crippen LogP contribution < -0.4 is 0 Å². The summed E-state index contributed by atoms with van der Waals surface area (Å²) in [5.41, 5.74) is 13.7. The second kappa shape index (κ2) is 10.0. The van der Waals surface area contributed by atoms with Crippen LogP contribution >= 0.6 is 0 Å². The van der Waals surface area contributed by atoms with Crippen LogP contribution in [-0.4, -0.2) is 19.9 Å². The predicted octanol–water partition coefficient (Wildman–Crippen LogP) is 9.46. The fourth-order valence-electron chi connectivity index (χ4n) is 5.79. The van der Waals surface area contributed by atoms with Crippen LogP contribution in [0.25, 0.3) is 79.8 Å². The van der Waals surface area contributed by atoms with Gasteiger partial charge in [-0.05, 0) is 65.3 Å². The van der Waals surface area contributed by atoms with Crippen LogP contribution in [0.1, 0.15) is 22.8 Å². The molecule has 1 radical (unpaired) electrons. The number of hydrogen-bond acceptors (Lipinski definition) is 2. The van der Waals surface area contributed by atoms with Gasteiger partial charge in [0.2, 0.25) is 0 Å². The van der Waals surface area contributed by atoms with E-state index in [1.54, 1.807) is 0 Å². The number of hydrogen-bond donors (Lipinski definition) is 2. The molecule has 0 saturated carbocycles. The highest BCUT2D eigenvalue weighted by molar-refractivity contribution is 5.97. The maximum Gasteiger partial charge on any atom is 0.0738 e. The van der Waals surface area contributed by atoms with Gasteiger partial charge in [0.15, 0.2) is 0 Å². The van der Waals surface area contributed by atoms with Crippen LogP contribution in [0.4, 0.5) is 0 Å². The minimum Gasteiger partial charge on any atom is -0.354 e. The Morgan fingerprint density at radius 3 is 1.36 bits per heavy atom. The Morgan fingerprint density at radius 1 is 0.405 bits per heavy atom. The zero-order valence-electron chi connectivity index (χ0n) is 22.7. The zero-order valence-corrected chi connectivity index (χ0v) is 22.7. The predicted molar refractivity (Wildman–Crippen MR) is 174 cm³/mol. The summed E-state index contributed by atoms with van der Waals surface area (Å²) >= 11 is 0. The Morgan fingerprint density at radius 2 is 0.833 bits per heavy atom. The van der Waals surface area contributed by atoms with Crippen LogP contribution in [-0.2, 0) is 0 Å². The molecule has 0 atom stereocenters. The van der Waals surface area contributed by atoms with Crippen molar-refractivity contribution < 1.29 is 0 Å². The van der Waals surface area contributed by atoms with Crippen LogP contribution in [0.3, 0.4) is 0 Å². The summed E-state index contributed by atoms with van der Waals surface area (Å²) in [6.07, 6.45) is 8.33. The quantitative estimate of drug-likeness (QED) is 0.236. The molecule has 3 aromatic heterocycles. The van der Waals surface area contributed by atoms with Gasteiger partial charge < -0.3 is 9.97 Å². The minimum absolute atomic E-state index is 0.775. The third-order valence-electron chi connectivity index (χ3n) is 7.68. The lowest BCUT2D eigenvalue weighted by atomic mass is 10.0. The topological polar surface area (TPSA) is 57.4 Å². The second-order valence-corrected chi connectivity index (χ2v) is 10.4. The number of benzene rings is 3. The Labute approximate surface area is 243 Å². The van der Waals surface area contributed by atoms with Crippen LogP contribution in [0, 0.1) is 6.07 Å². The summed E-state index contributed by atoms with van der Waals surface area (Å²) in [7, 11) is 0. The van der Waals surface area contributed by atoms with Gasteiger partial charge in [0.25, 0.3) is 0 Å². The molecule has 6 aromatic rings. The summed E-state index contributed by atoms with van der Waals surface area (Å²) in [5, 5.41) is 0. The molecular formula is C38H25N4. The van der Waals surface area contributed by atoms with Crippen molar-refractivity contribution in [1.82, 2.24) is 19.9 Å². The highest BCUT2D eigenvalue weighted by atomic mass is 14.8.